The number of thiol groups is 1. The summed E-state index contributed by atoms with van der Waals surface area (Å²) in [6.07, 6.45) is 11.1. The standard InChI is InChI=1S/C28H48ClO5PS/c1-4-12-24(25-16-18-27(29)19-17-25)14-15-26(28(30)31)22-35(32,33-20-5-2)34-23(3)13-10-8-6-7-9-11-21-36/h16-19,23-24,26,36H,4-15,20-22H2,1-3H3,(H,30,31). The van der Waals surface area contributed by atoms with Gasteiger partial charge in [-0.15, -0.1) is 0 Å². The molecular weight excluding hydrogens is 515 g/mol. The first-order valence-electron chi connectivity index (χ1n) is 13.8. The highest BCUT2D eigenvalue weighted by molar-refractivity contribution is 7.80. The Morgan fingerprint density at radius 2 is 1.61 bits per heavy atom. The smallest absolute Gasteiger partial charge is 0.331 e. The second-order valence-corrected chi connectivity index (χ2v) is 12.8. The van der Waals surface area contributed by atoms with E-state index in [9.17, 15) is 14.5 Å². The van der Waals surface area contributed by atoms with Crippen LogP contribution in [0.15, 0.2) is 24.3 Å². The number of hydrogen-bond donors (Lipinski definition) is 2. The van der Waals surface area contributed by atoms with E-state index in [1.54, 1.807) is 0 Å². The molecule has 0 amide bonds. The van der Waals surface area contributed by atoms with Gasteiger partial charge in [-0.2, -0.15) is 12.6 Å². The molecule has 1 N–H and O–H groups in total. The zero-order valence-corrected chi connectivity index (χ0v) is 25.0. The van der Waals surface area contributed by atoms with E-state index in [1.165, 1.54) is 19.3 Å². The van der Waals surface area contributed by atoms with Crippen LogP contribution in [0.5, 0.6) is 0 Å². The molecule has 0 aliphatic heterocycles. The van der Waals surface area contributed by atoms with E-state index < -0.39 is 19.5 Å². The third-order valence-electron chi connectivity index (χ3n) is 6.49. The number of rotatable bonds is 22. The number of unbranched alkanes of at least 4 members (excludes halogenated alkanes) is 5. The van der Waals surface area contributed by atoms with Crippen LogP contribution in [0.1, 0.15) is 109 Å². The van der Waals surface area contributed by atoms with Crippen molar-refractivity contribution in [1.82, 2.24) is 0 Å². The first kappa shape index (κ1) is 33.5. The van der Waals surface area contributed by atoms with Crippen molar-refractivity contribution < 1.29 is 23.5 Å². The maximum absolute atomic E-state index is 13.7. The average molecular weight is 563 g/mol. The van der Waals surface area contributed by atoms with Gasteiger partial charge >= 0.3 is 13.6 Å². The Balaban J connectivity index is 2.73. The van der Waals surface area contributed by atoms with Crippen LogP contribution >= 0.6 is 31.8 Å². The van der Waals surface area contributed by atoms with Crippen LogP contribution in [0, 0.1) is 5.92 Å². The summed E-state index contributed by atoms with van der Waals surface area (Å²) in [5.74, 6) is -0.550. The first-order chi connectivity index (χ1) is 17.2. The van der Waals surface area contributed by atoms with Crippen LogP contribution < -0.4 is 0 Å². The third-order valence-corrected chi connectivity index (χ3v) is 9.20. The van der Waals surface area contributed by atoms with E-state index in [4.69, 9.17) is 20.6 Å². The molecular formula is C28H48ClO5PS. The van der Waals surface area contributed by atoms with Gasteiger partial charge in [0.05, 0.1) is 24.8 Å². The topological polar surface area (TPSA) is 72.8 Å². The molecule has 8 heteroatoms. The molecule has 1 rings (SSSR count). The van der Waals surface area contributed by atoms with Gasteiger partial charge in [-0.25, -0.2) is 0 Å². The predicted octanol–water partition coefficient (Wildman–Crippen LogP) is 9.39. The summed E-state index contributed by atoms with van der Waals surface area (Å²) in [5, 5.41) is 10.6. The van der Waals surface area contributed by atoms with Gasteiger partial charge < -0.3 is 14.2 Å². The van der Waals surface area contributed by atoms with E-state index in [1.807, 2.05) is 38.1 Å². The molecule has 0 spiro atoms. The zero-order valence-electron chi connectivity index (χ0n) is 22.5. The lowest BCUT2D eigenvalue weighted by atomic mass is 9.87. The number of carboxylic acid groups (broad SMARTS) is 1. The van der Waals surface area contributed by atoms with Crippen LogP contribution in [0.2, 0.25) is 5.02 Å². The van der Waals surface area contributed by atoms with Crippen LogP contribution in [-0.4, -0.2) is 35.7 Å². The van der Waals surface area contributed by atoms with Crippen molar-refractivity contribution in [2.45, 2.75) is 110 Å². The van der Waals surface area contributed by atoms with Gasteiger partial charge in [0, 0.05) is 5.02 Å². The van der Waals surface area contributed by atoms with Gasteiger partial charge in [-0.1, -0.05) is 76.1 Å². The fourth-order valence-electron chi connectivity index (χ4n) is 4.46. The van der Waals surface area contributed by atoms with Gasteiger partial charge in [0.15, 0.2) is 0 Å². The average Bonchev–Trinajstić information content (AvgIpc) is 2.84. The highest BCUT2D eigenvalue weighted by atomic mass is 35.5. The minimum absolute atomic E-state index is 0.0874. The van der Waals surface area contributed by atoms with Crippen LogP contribution in [0.25, 0.3) is 0 Å². The lowest BCUT2D eigenvalue weighted by Gasteiger charge is -2.26. The van der Waals surface area contributed by atoms with Crippen molar-refractivity contribution >= 4 is 37.8 Å². The number of hydrogen-bond acceptors (Lipinski definition) is 5. The molecule has 1 aromatic rings. The Hall–Kier alpha value is -0.520. The van der Waals surface area contributed by atoms with Crippen LogP contribution in [0.4, 0.5) is 0 Å². The van der Waals surface area contributed by atoms with Crippen molar-refractivity contribution in [1.29, 1.82) is 0 Å². The Morgan fingerprint density at radius 1 is 0.972 bits per heavy atom. The van der Waals surface area contributed by atoms with Crippen molar-refractivity contribution in [2.24, 2.45) is 5.92 Å². The quantitative estimate of drug-likeness (QED) is 0.0836. The van der Waals surface area contributed by atoms with E-state index in [0.29, 0.717) is 30.9 Å². The van der Waals surface area contributed by atoms with Crippen LogP contribution in [0.3, 0.4) is 0 Å². The maximum Gasteiger partial charge on any atom is 0.331 e. The number of benzene rings is 1. The Bertz CT molecular complexity index is 761. The number of halogens is 1. The third kappa shape index (κ3) is 14.4. The fourth-order valence-corrected chi connectivity index (χ4v) is 7.06. The van der Waals surface area contributed by atoms with Gasteiger partial charge in [-0.3, -0.25) is 9.36 Å². The summed E-state index contributed by atoms with van der Waals surface area (Å²) in [6, 6.07) is 7.77. The summed E-state index contributed by atoms with van der Waals surface area (Å²) >= 11 is 10.3. The molecule has 0 aliphatic rings. The summed E-state index contributed by atoms with van der Waals surface area (Å²) in [7, 11) is -3.53. The molecule has 36 heavy (non-hydrogen) atoms. The summed E-state index contributed by atoms with van der Waals surface area (Å²) < 4.78 is 25.3. The first-order valence-corrected chi connectivity index (χ1v) is 16.5. The molecule has 0 aliphatic carbocycles. The largest absolute Gasteiger partial charge is 0.481 e. The fraction of sp³-hybridized carbons (Fsp3) is 0.750. The Labute approximate surface area is 230 Å². The molecule has 4 atom stereocenters. The van der Waals surface area contributed by atoms with E-state index in [0.717, 1.165) is 49.8 Å². The monoisotopic (exact) mass is 562 g/mol. The molecule has 0 saturated heterocycles. The molecule has 5 nitrogen and oxygen atoms in total. The number of carbonyl (C=O) groups is 1. The predicted molar refractivity (Wildman–Crippen MR) is 155 cm³/mol. The molecule has 0 heterocycles. The number of carboxylic acids is 1. The second kappa shape index (κ2) is 19.5. The van der Waals surface area contributed by atoms with E-state index in [2.05, 4.69) is 19.6 Å². The molecule has 4 unspecified atom stereocenters. The van der Waals surface area contributed by atoms with Crippen molar-refractivity contribution in [3.63, 3.8) is 0 Å². The Morgan fingerprint density at radius 3 is 2.19 bits per heavy atom. The second-order valence-electron chi connectivity index (χ2n) is 9.83. The van der Waals surface area contributed by atoms with Gasteiger partial charge in [0.25, 0.3) is 0 Å². The molecule has 0 bridgehead atoms. The van der Waals surface area contributed by atoms with Crippen molar-refractivity contribution in [2.75, 3.05) is 18.5 Å². The van der Waals surface area contributed by atoms with Crippen molar-refractivity contribution in [3.05, 3.63) is 34.9 Å². The van der Waals surface area contributed by atoms with Gasteiger partial charge in [0.2, 0.25) is 0 Å². The zero-order chi connectivity index (χ0) is 26.8. The van der Waals surface area contributed by atoms with E-state index >= 15 is 0 Å². The molecule has 208 valence electrons. The van der Waals surface area contributed by atoms with Crippen LogP contribution in [-0.2, 0) is 18.4 Å². The lowest BCUT2D eigenvalue weighted by Crippen LogP contribution is -2.22. The molecule has 1 aromatic carbocycles. The minimum Gasteiger partial charge on any atom is -0.481 e. The molecule has 0 fully saturated rings. The normalized spacial score (nSPS) is 15.8. The van der Waals surface area contributed by atoms with E-state index in [-0.39, 0.29) is 18.2 Å². The summed E-state index contributed by atoms with van der Waals surface area (Å²) in [5.41, 5.74) is 1.16. The van der Waals surface area contributed by atoms with Gasteiger partial charge in [0.1, 0.15) is 0 Å². The summed E-state index contributed by atoms with van der Waals surface area (Å²) in [4.78, 5) is 12.2. The number of aliphatic carboxylic acids is 1. The Kier molecular flexibility index (Phi) is 18.2. The van der Waals surface area contributed by atoms with Gasteiger partial charge in [-0.05, 0) is 74.8 Å². The highest BCUT2D eigenvalue weighted by Crippen LogP contribution is 2.52. The maximum atomic E-state index is 13.7. The highest BCUT2D eigenvalue weighted by Gasteiger charge is 2.34. The molecule has 0 aromatic heterocycles. The molecule has 0 saturated carbocycles. The lowest BCUT2D eigenvalue weighted by molar-refractivity contribution is -0.141. The minimum atomic E-state index is -3.53. The SMILES string of the molecule is CCCOP(=O)(CC(CCC(CCC)c1ccc(Cl)cc1)C(=O)O)OC(C)CCCCCCCCS. The summed E-state index contributed by atoms with van der Waals surface area (Å²) in [6.45, 7) is 6.28. The molecule has 0 radical (unpaired) electrons. The van der Waals surface area contributed by atoms with Crippen molar-refractivity contribution in [3.8, 4) is 0 Å².